The third-order valence-electron chi connectivity index (χ3n) is 7.45. The van der Waals surface area contributed by atoms with Crippen molar-refractivity contribution in [3.05, 3.63) is 40.4 Å². The van der Waals surface area contributed by atoms with E-state index in [2.05, 4.69) is 13.8 Å². The van der Waals surface area contributed by atoms with Crippen LogP contribution in [-0.2, 0) is 20.9 Å². The highest BCUT2D eigenvalue weighted by atomic mass is 16.5. The van der Waals surface area contributed by atoms with Crippen LogP contribution in [0.2, 0.25) is 6.32 Å². The molecule has 4 rings (SSSR count). The van der Waals surface area contributed by atoms with Crippen LogP contribution in [-0.4, -0.2) is 47.1 Å². The van der Waals surface area contributed by atoms with Gasteiger partial charge in [-0.1, -0.05) is 31.4 Å². The number of carbonyl (C=O) groups excluding carboxylic acids is 2. The second kappa shape index (κ2) is 9.99. The molecule has 8 heteroatoms. The van der Waals surface area contributed by atoms with Crippen molar-refractivity contribution in [3.63, 3.8) is 0 Å². The predicted octanol–water partition coefficient (Wildman–Crippen LogP) is 3.57. The minimum atomic E-state index is -0.939. The Morgan fingerprint density at radius 2 is 2.03 bits per heavy atom. The summed E-state index contributed by atoms with van der Waals surface area (Å²) in [6.07, 6.45) is 6.85. The van der Waals surface area contributed by atoms with Crippen molar-refractivity contribution >= 4 is 25.0 Å². The van der Waals surface area contributed by atoms with Crippen LogP contribution in [0.3, 0.4) is 0 Å². The van der Waals surface area contributed by atoms with E-state index in [1.807, 2.05) is 12.1 Å². The van der Waals surface area contributed by atoms with Crippen molar-refractivity contribution in [3.8, 4) is 0 Å². The summed E-state index contributed by atoms with van der Waals surface area (Å²) < 4.78 is 11.6. The average Bonchev–Trinajstić information content (AvgIpc) is 3.34. The summed E-state index contributed by atoms with van der Waals surface area (Å²) in [6.45, 7) is 4.09. The number of likely N-dealkylation sites (tertiary alicyclic amines) is 1. The molecule has 3 aliphatic rings. The molecule has 178 valence electrons. The maximum Gasteiger partial charge on any atom is 0.455 e. The zero-order valence-electron chi connectivity index (χ0n) is 19.8. The van der Waals surface area contributed by atoms with Gasteiger partial charge in [-0.05, 0) is 68.1 Å². The van der Waals surface area contributed by atoms with Crippen LogP contribution in [0.25, 0.3) is 6.08 Å². The first kappa shape index (κ1) is 24.0. The third-order valence-corrected chi connectivity index (χ3v) is 7.45. The fourth-order valence-corrected chi connectivity index (χ4v) is 5.89. The number of aliphatic hydroxyl groups is 1. The van der Waals surface area contributed by atoms with E-state index in [9.17, 15) is 19.7 Å². The number of rotatable bonds is 8. The standard InChI is InChI=1S/C25H34BNO6/c1-4-6-16-12-19-23(25(30)27(3)24(19)29)20-13-26(31)33-21(22(16)20)10-7-15(5-2)11-17-8-9-18(14-28)32-17/h8-9,11,19-21,23,28,31H,4-7,10,12-14H2,1-3H3/b15-11+/t19-,20+,21-,23-/m1/s1. The van der Waals surface area contributed by atoms with Gasteiger partial charge in [-0.3, -0.25) is 14.5 Å². The molecule has 3 heterocycles. The molecule has 0 spiro atoms. The van der Waals surface area contributed by atoms with Gasteiger partial charge >= 0.3 is 7.12 Å². The van der Waals surface area contributed by atoms with Gasteiger partial charge < -0.3 is 19.2 Å². The Hall–Kier alpha value is -2.16. The van der Waals surface area contributed by atoms with Gasteiger partial charge in [-0.2, -0.15) is 0 Å². The average molecular weight is 455 g/mol. The number of nitrogens with zero attached hydrogens (tertiary/aromatic N) is 1. The van der Waals surface area contributed by atoms with Gasteiger partial charge in [0.05, 0.1) is 17.9 Å². The maximum absolute atomic E-state index is 12.9. The minimum absolute atomic E-state index is 0.0907. The summed E-state index contributed by atoms with van der Waals surface area (Å²) in [7, 11) is 0.635. The summed E-state index contributed by atoms with van der Waals surface area (Å²) >= 11 is 0. The second-order valence-corrected chi connectivity index (χ2v) is 9.46. The molecule has 2 saturated heterocycles. The highest BCUT2D eigenvalue weighted by Crippen LogP contribution is 2.51. The highest BCUT2D eigenvalue weighted by molar-refractivity contribution is 6.43. The molecule has 2 aliphatic heterocycles. The molecule has 33 heavy (non-hydrogen) atoms. The Bertz CT molecular complexity index is 966. The van der Waals surface area contributed by atoms with E-state index < -0.39 is 7.12 Å². The Morgan fingerprint density at radius 3 is 2.70 bits per heavy atom. The quantitative estimate of drug-likeness (QED) is 0.353. The number of aliphatic hydroxyl groups excluding tert-OH is 1. The molecule has 1 aromatic rings. The SMILES string of the molecule is CCCC1=C2[C@@H](CC/C(=C/c3ccc(CO)o3)CC)OB(O)C[C@@H]2[C@@H]2C(=O)N(C)C(=O)[C@@H]2C1. The number of amides is 2. The smallest absolute Gasteiger partial charge is 0.455 e. The molecule has 2 amide bonds. The molecular weight excluding hydrogens is 421 g/mol. The number of hydrogen-bond donors (Lipinski definition) is 2. The van der Waals surface area contributed by atoms with Gasteiger partial charge in [0.1, 0.15) is 18.1 Å². The maximum atomic E-state index is 12.9. The van der Waals surface area contributed by atoms with E-state index in [0.717, 1.165) is 31.3 Å². The number of imide groups is 1. The third kappa shape index (κ3) is 4.61. The Labute approximate surface area is 195 Å². The first-order valence-corrected chi connectivity index (χ1v) is 12.1. The van der Waals surface area contributed by atoms with Gasteiger partial charge in [0.15, 0.2) is 0 Å². The Balaban J connectivity index is 1.59. The van der Waals surface area contributed by atoms with Gasteiger partial charge in [-0.15, -0.1) is 0 Å². The van der Waals surface area contributed by atoms with Crippen LogP contribution in [0.5, 0.6) is 0 Å². The lowest BCUT2D eigenvalue weighted by molar-refractivity contribution is -0.138. The van der Waals surface area contributed by atoms with Crippen molar-refractivity contribution in [1.29, 1.82) is 0 Å². The zero-order valence-corrected chi connectivity index (χ0v) is 19.8. The first-order valence-electron chi connectivity index (χ1n) is 12.1. The number of carbonyl (C=O) groups is 2. The van der Waals surface area contributed by atoms with Crippen molar-refractivity contribution in [2.45, 2.75) is 71.4 Å². The van der Waals surface area contributed by atoms with Crippen LogP contribution >= 0.6 is 0 Å². The van der Waals surface area contributed by atoms with Crippen LogP contribution in [0.1, 0.15) is 63.9 Å². The molecule has 0 aromatic carbocycles. The molecule has 7 nitrogen and oxygen atoms in total. The van der Waals surface area contributed by atoms with E-state index in [-0.39, 0.29) is 42.3 Å². The Kier molecular flexibility index (Phi) is 7.26. The van der Waals surface area contributed by atoms with Crippen LogP contribution < -0.4 is 0 Å². The van der Waals surface area contributed by atoms with Crippen molar-refractivity contribution < 1.29 is 28.8 Å². The van der Waals surface area contributed by atoms with E-state index in [1.54, 1.807) is 13.1 Å². The minimum Gasteiger partial charge on any atom is -0.459 e. The topological polar surface area (TPSA) is 100 Å². The molecule has 0 saturated carbocycles. The van der Waals surface area contributed by atoms with Crippen molar-refractivity contribution in [1.82, 2.24) is 4.90 Å². The molecule has 1 aromatic heterocycles. The Morgan fingerprint density at radius 1 is 1.24 bits per heavy atom. The fourth-order valence-electron chi connectivity index (χ4n) is 5.89. The summed E-state index contributed by atoms with van der Waals surface area (Å²) in [4.78, 5) is 27.0. The number of furan rings is 1. The molecule has 2 fully saturated rings. The van der Waals surface area contributed by atoms with Gasteiger partial charge in [-0.25, -0.2) is 0 Å². The van der Waals surface area contributed by atoms with Crippen molar-refractivity contribution in [2.75, 3.05) is 7.05 Å². The van der Waals surface area contributed by atoms with Crippen LogP contribution in [0.4, 0.5) is 0 Å². The fraction of sp³-hybridized carbons (Fsp3) is 0.600. The second-order valence-electron chi connectivity index (χ2n) is 9.46. The van der Waals surface area contributed by atoms with Crippen LogP contribution in [0, 0.1) is 17.8 Å². The summed E-state index contributed by atoms with van der Waals surface area (Å²) in [6, 6.07) is 3.61. The number of hydrogen-bond acceptors (Lipinski definition) is 6. The number of allylic oxidation sites excluding steroid dienone is 2. The largest absolute Gasteiger partial charge is 0.459 e. The van der Waals surface area contributed by atoms with E-state index in [0.29, 0.717) is 30.7 Å². The monoisotopic (exact) mass is 455 g/mol. The molecule has 0 radical (unpaired) electrons. The summed E-state index contributed by atoms with van der Waals surface area (Å²) in [5, 5.41) is 19.8. The van der Waals surface area contributed by atoms with E-state index in [4.69, 9.17) is 9.07 Å². The molecule has 2 N–H and O–H groups in total. The van der Waals surface area contributed by atoms with E-state index in [1.165, 1.54) is 16.0 Å². The van der Waals surface area contributed by atoms with E-state index >= 15 is 0 Å². The predicted molar refractivity (Wildman–Crippen MR) is 125 cm³/mol. The molecule has 0 bridgehead atoms. The lowest BCUT2D eigenvalue weighted by atomic mass is 9.58. The molecule has 4 atom stereocenters. The van der Waals surface area contributed by atoms with Crippen molar-refractivity contribution in [2.24, 2.45) is 17.8 Å². The lowest BCUT2D eigenvalue weighted by Crippen LogP contribution is -2.46. The van der Waals surface area contributed by atoms with Gasteiger partial charge in [0, 0.05) is 7.05 Å². The first-order chi connectivity index (χ1) is 15.9. The highest BCUT2D eigenvalue weighted by Gasteiger charge is 2.56. The van der Waals surface area contributed by atoms with Crippen LogP contribution in [0.15, 0.2) is 33.3 Å². The molecule has 1 aliphatic carbocycles. The number of fused-ring (bicyclic) bond motifs is 3. The normalized spacial score (nSPS) is 28.0. The van der Waals surface area contributed by atoms with Gasteiger partial charge in [0.25, 0.3) is 0 Å². The lowest BCUT2D eigenvalue weighted by Gasteiger charge is -2.43. The zero-order chi connectivity index (χ0) is 23.7. The summed E-state index contributed by atoms with van der Waals surface area (Å²) in [5.41, 5.74) is 3.57. The summed E-state index contributed by atoms with van der Waals surface area (Å²) in [5.74, 6) is 0.184. The van der Waals surface area contributed by atoms with Gasteiger partial charge in [0.2, 0.25) is 11.8 Å². The molecule has 0 unspecified atom stereocenters. The molecular formula is C25H34BNO6.